The molecule has 28 heavy (non-hydrogen) atoms. The van der Waals surface area contributed by atoms with Gasteiger partial charge in [-0.3, -0.25) is 9.59 Å². The number of benzene rings is 2. The van der Waals surface area contributed by atoms with Crippen molar-refractivity contribution in [1.29, 1.82) is 0 Å². The summed E-state index contributed by atoms with van der Waals surface area (Å²) in [4.78, 5) is 29.3. The number of carbonyl (C=O) groups excluding carboxylic acids is 2. The molecule has 4 rings (SSSR count). The van der Waals surface area contributed by atoms with Crippen LogP contribution in [0.1, 0.15) is 12.8 Å². The van der Waals surface area contributed by atoms with Crippen molar-refractivity contribution in [3.05, 3.63) is 59.6 Å². The number of anilines is 2. The topological polar surface area (TPSA) is 52.7 Å². The second-order valence-corrected chi connectivity index (χ2v) is 7.93. The lowest BCUT2D eigenvalue weighted by Gasteiger charge is -2.19. The van der Waals surface area contributed by atoms with Crippen molar-refractivity contribution in [3.63, 3.8) is 0 Å². The molecule has 0 aliphatic carbocycles. The van der Waals surface area contributed by atoms with E-state index in [0.29, 0.717) is 30.5 Å². The molecule has 1 N–H and O–H groups in total. The zero-order valence-electron chi connectivity index (χ0n) is 15.7. The number of rotatable bonds is 5. The second-order valence-electron chi connectivity index (χ2n) is 7.49. The third-order valence-corrected chi connectivity index (χ3v) is 5.88. The van der Waals surface area contributed by atoms with Gasteiger partial charge in [-0.05, 0) is 55.2 Å². The van der Waals surface area contributed by atoms with E-state index in [4.69, 9.17) is 11.6 Å². The lowest BCUT2D eigenvalue weighted by molar-refractivity contribution is -0.132. The Morgan fingerprint density at radius 3 is 2.50 bits per heavy atom. The van der Waals surface area contributed by atoms with Crippen molar-refractivity contribution in [3.8, 4) is 0 Å². The summed E-state index contributed by atoms with van der Waals surface area (Å²) in [7, 11) is 0. The van der Waals surface area contributed by atoms with Gasteiger partial charge in [-0.2, -0.15) is 0 Å². The predicted octanol–water partition coefficient (Wildman–Crippen LogP) is 3.34. The van der Waals surface area contributed by atoms with E-state index in [0.717, 1.165) is 25.2 Å². The summed E-state index contributed by atoms with van der Waals surface area (Å²) < 4.78 is 0. The highest BCUT2D eigenvalue weighted by Crippen LogP contribution is 2.27. The number of para-hydroxylation sites is 1. The molecule has 0 saturated carbocycles. The van der Waals surface area contributed by atoms with Gasteiger partial charge in [0.2, 0.25) is 11.8 Å². The monoisotopic (exact) mass is 397 g/mol. The minimum atomic E-state index is -0.595. The van der Waals surface area contributed by atoms with Gasteiger partial charge in [-0.1, -0.05) is 29.8 Å². The fourth-order valence-corrected chi connectivity index (χ4v) is 4.17. The van der Waals surface area contributed by atoms with Crippen LogP contribution >= 0.6 is 11.6 Å². The van der Waals surface area contributed by atoms with Gasteiger partial charge in [0.1, 0.15) is 5.92 Å². The van der Waals surface area contributed by atoms with Crippen LogP contribution in [0.5, 0.6) is 0 Å². The number of hydrogen-bond acceptors (Lipinski definition) is 3. The zero-order valence-corrected chi connectivity index (χ0v) is 16.4. The average Bonchev–Trinajstić information content (AvgIpc) is 3.34. The van der Waals surface area contributed by atoms with Crippen molar-refractivity contribution in [2.24, 2.45) is 11.8 Å². The summed E-state index contributed by atoms with van der Waals surface area (Å²) >= 11 is 5.92. The number of carbonyl (C=O) groups is 2. The molecule has 2 aromatic carbocycles. The van der Waals surface area contributed by atoms with E-state index < -0.39 is 5.92 Å². The third kappa shape index (κ3) is 3.99. The SMILES string of the molecule is O=C(NCC1CCN(c2ccccc2)C1)C1CCN(c2ccc(Cl)cc2)C1=O. The predicted molar refractivity (Wildman–Crippen MR) is 112 cm³/mol. The van der Waals surface area contributed by atoms with E-state index in [9.17, 15) is 9.59 Å². The van der Waals surface area contributed by atoms with Crippen LogP contribution in [-0.2, 0) is 9.59 Å². The van der Waals surface area contributed by atoms with Crippen molar-refractivity contribution in [1.82, 2.24) is 5.32 Å². The smallest absolute Gasteiger partial charge is 0.239 e. The second kappa shape index (κ2) is 8.23. The summed E-state index contributed by atoms with van der Waals surface area (Å²) in [6.45, 7) is 3.10. The quantitative estimate of drug-likeness (QED) is 0.787. The fraction of sp³-hybridized carbons (Fsp3) is 0.364. The highest BCUT2D eigenvalue weighted by molar-refractivity contribution is 6.30. The molecule has 2 saturated heterocycles. The van der Waals surface area contributed by atoms with E-state index in [-0.39, 0.29) is 11.8 Å². The molecule has 0 bridgehead atoms. The summed E-state index contributed by atoms with van der Waals surface area (Å²) in [6, 6.07) is 17.5. The Labute approximate surface area is 170 Å². The maximum absolute atomic E-state index is 12.7. The van der Waals surface area contributed by atoms with E-state index in [1.807, 2.05) is 30.3 Å². The van der Waals surface area contributed by atoms with Gasteiger partial charge in [0.25, 0.3) is 0 Å². The molecule has 2 amide bonds. The van der Waals surface area contributed by atoms with Gasteiger partial charge in [-0.25, -0.2) is 0 Å². The molecule has 5 nitrogen and oxygen atoms in total. The molecule has 2 atom stereocenters. The molecular formula is C22H24ClN3O2. The lowest BCUT2D eigenvalue weighted by Crippen LogP contribution is -2.39. The number of halogens is 1. The first kappa shape index (κ1) is 18.8. The van der Waals surface area contributed by atoms with Crippen LogP contribution in [0.3, 0.4) is 0 Å². The first-order valence-electron chi connectivity index (χ1n) is 9.76. The number of nitrogens with zero attached hydrogens (tertiary/aromatic N) is 2. The first-order valence-corrected chi connectivity index (χ1v) is 10.1. The molecule has 2 aliphatic rings. The largest absolute Gasteiger partial charge is 0.371 e. The zero-order chi connectivity index (χ0) is 19.5. The van der Waals surface area contributed by atoms with Gasteiger partial charge < -0.3 is 15.1 Å². The Morgan fingerprint density at radius 1 is 1.00 bits per heavy atom. The van der Waals surface area contributed by atoms with Gasteiger partial charge in [0.15, 0.2) is 0 Å². The third-order valence-electron chi connectivity index (χ3n) is 5.63. The summed E-state index contributed by atoms with van der Waals surface area (Å²) in [6.07, 6.45) is 1.60. The molecule has 0 spiro atoms. The molecule has 2 unspecified atom stereocenters. The van der Waals surface area contributed by atoms with Crippen LogP contribution in [0.4, 0.5) is 11.4 Å². The molecule has 2 aromatic rings. The molecular weight excluding hydrogens is 374 g/mol. The first-order chi connectivity index (χ1) is 13.6. The summed E-state index contributed by atoms with van der Waals surface area (Å²) in [5.41, 5.74) is 2.01. The van der Waals surface area contributed by atoms with Gasteiger partial charge >= 0.3 is 0 Å². The molecule has 2 aliphatic heterocycles. The normalized spacial score (nSPS) is 22.0. The molecule has 0 radical (unpaired) electrons. The van der Waals surface area contributed by atoms with Crippen molar-refractivity contribution >= 4 is 34.8 Å². The highest BCUT2D eigenvalue weighted by Gasteiger charge is 2.37. The van der Waals surface area contributed by atoms with Gasteiger partial charge in [0.05, 0.1) is 0 Å². The Morgan fingerprint density at radius 2 is 1.75 bits per heavy atom. The minimum absolute atomic E-state index is 0.128. The number of nitrogens with one attached hydrogen (secondary N) is 1. The molecule has 2 fully saturated rings. The molecule has 0 aromatic heterocycles. The van der Waals surface area contributed by atoms with E-state index in [1.165, 1.54) is 5.69 Å². The van der Waals surface area contributed by atoms with Crippen molar-refractivity contribution in [2.75, 3.05) is 36.0 Å². The lowest BCUT2D eigenvalue weighted by atomic mass is 10.1. The van der Waals surface area contributed by atoms with Crippen LogP contribution in [-0.4, -0.2) is 38.0 Å². The minimum Gasteiger partial charge on any atom is -0.371 e. The Bertz CT molecular complexity index is 841. The summed E-state index contributed by atoms with van der Waals surface area (Å²) in [5.74, 6) is -0.466. The van der Waals surface area contributed by atoms with Crippen molar-refractivity contribution < 1.29 is 9.59 Å². The van der Waals surface area contributed by atoms with Crippen LogP contribution in [0.15, 0.2) is 54.6 Å². The molecule has 6 heteroatoms. The number of hydrogen-bond donors (Lipinski definition) is 1. The Hall–Kier alpha value is -2.53. The van der Waals surface area contributed by atoms with Crippen LogP contribution in [0.2, 0.25) is 5.02 Å². The van der Waals surface area contributed by atoms with Gasteiger partial charge in [-0.15, -0.1) is 0 Å². The maximum atomic E-state index is 12.7. The standard InChI is InChI=1S/C22H24ClN3O2/c23-17-6-8-19(9-7-17)26-13-11-20(22(26)28)21(27)24-14-16-10-12-25(15-16)18-4-2-1-3-5-18/h1-9,16,20H,10-15H2,(H,24,27). The van der Waals surface area contributed by atoms with Gasteiger partial charge in [0, 0.05) is 42.6 Å². The summed E-state index contributed by atoms with van der Waals surface area (Å²) in [5, 5.41) is 3.65. The van der Waals surface area contributed by atoms with E-state index in [2.05, 4.69) is 22.3 Å². The van der Waals surface area contributed by atoms with E-state index in [1.54, 1.807) is 17.0 Å². The molecule has 146 valence electrons. The molecule has 2 heterocycles. The Kier molecular flexibility index (Phi) is 5.53. The van der Waals surface area contributed by atoms with Crippen LogP contribution < -0.4 is 15.1 Å². The fourth-order valence-electron chi connectivity index (χ4n) is 4.04. The highest BCUT2D eigenvalue weighted by atomic mass is 35.5. The average molecular weight is 398 g/mol. The van der Waals surface area contributed by atoms with Crippen molar-refractivity contribution in [2.45, 2.75) is 12.8 Å². The number of amides is 2. The van der Waals surface area contributed by atoms with E-state index >= 15 is 0 Å². The Balaban J connectivity index is 1.29. The van der Waals surface area contributed by atoms with Crippen LogP contribution in [0, 0.1) is 11.8 Å². The maximum Gasteiger partial charge on any atom is 0.239 e. The van der Waals surface area contributed by atoms with Crippen LogP contribution in [0.25, 0.3) is 0 Å².